The number of anilines is 1. The molecule has 7 nitrogen and oxygen atoms in total. The summed E-state index contributed by atoms with van der Waals surface area (Å²) in [5.74, 6) is 0.307. The van der Waals surface area contributed by atoms with Crippen molar-refractivity contribution in [3.05, 3.63) is 41.1 Å². The third-order valence-corrected chi connectivity index (χ3v) is 5.68. The average Bonchev–Trinajstić information content (AvgIpc) is 3.11. The van der Waals surface area contributed by atoms with Gasteiger partial charge in [0.15, 0.2) is 0 Å². The number of aromatic nitrogens is 2. The quantitative estimate of drug-likeness (QED) is 0.665. The third kappa shape index (κ3) is 6.09. The summed E-state index contributed by atoms with van der Waals surface area (Å²) in [5, 5.41) is 13.3. The Bertz CT molecular complexity index is 936. The summed E-state index contributed by atoms with van der Waals surface area (Å²) in [4.78, 5) is 24.7. The van der Waals surface area contributed by atoms with Crippen LogP contribution in [0.4, 0.5) is 10.6 Å². The first-order valence-electron chi connectivity index (χ1n) is 11.2. The van der Waals surface area contributed by atoms with Crippen LogP contribution < -0.4 is 16.0 Å². The number of hydrogen-bond acceptors (Lipinski definition) is 3. The molecule has 2 aromatic rings. The van der Waals surface area contributed by atoms with Crippen molar-refractivity contribution in [2.45, 2.75) is 78.2 Å². The van der Waals surface area contributed by atoms with E-state index in [9.17, 15) is 9.59 Å². The number of amides is 3. The van der Waals surface area contributed by atoms with Gasteiger partial charge in [0, 0.05) is 17.5 Å². The predicted octanol–water partition coefficient (Wildman–Crippen LogP) is 4.36. The standard InChI is InChI=1S/C24H35N5O2/c1-16-11-12-19(17(2)13-16)29-21(14-20(28-29)24(3,4)5)27-22(30)15-25-23(31)26-18-9-7-6-8-10-18/h11-14,18H,6-10,15H2,1-5H3,(H,27,30)(H2,25,26,31). The summed E-state index contributed by atoms with van der Waals surface area (Å²) in [5.41, 5.74) is 3.87. The first-order chi connectivity index (χ1) is 14.6. The minimum absolute atomic E-state index is 0.0958. The molecule has 0 radical (unpaired) electrons. The second kappa shape index (κ2) is 9.54. The van der Waals surface area contributed by atoms with Gasteiger partial charge in [-0.15, -0.1) is 0 Å². The summed E-state index contributed by atoms with van der Waals surface area (Å²) in [6.07, 6.45) is 5.52. The highest BCUT2D eigenvalue weighted by Crippen LogP contribution is 2.27. The summed E-state index contributed by atoms with van der Waals surface area (Å²) >= 11 is 0. The van der Waals surface area contributed by atoms with Gasteiger partial charge in [0.05, 0.1) is 17.9 Å². The van der Waals surface area contributed by atoms with Gasteiger partial charge in [-0.2, -0.15) is 5.10 Å². The molecule has 7 heteroatoms. The fourth-order valence-electron chi connectivity index (χ4n) is 3.89. The van der Waals surface area contributed by atoms with E-state index in [1.807, 2.05) is 32.0 Å². The second-order valence-electron chi connectivity index (χ2n) is 9.58. The molecule has 1 aliphatic rings. The van der Waals surface area contributed by atoms with Crippen LogP contribution in [-0.4, -0.2) is 34.3 Å². The Morgan fingerprint density at radius 3 is 2.45 bits per heavy atom. The van der Waals surface area contributed by atoms with Gasteiger partial charge in [0.1, 0.15) is 5.82 Å². The number of nitrogens with one attached hydrogen (secondary N) is 3. The Balaban J connectivity index is 1.70. The van der Waals surface area contributed by atoms with Crippen LogP contribution in [-0.2, 0) is 10.2 Å². The van der Waals surface area contributed by atoms with Gasteiger partial charge in [0.25, 0.3) is 0 Å². The molecule has 0 aliphatic heterocycles. The summed E-state index contributed by atoms with van der Waals surface area (Å²) in [6.45, 7) is 10.2. The zero-order valence-corrected chi connectivity index (χ0v) is 19.3. The number of nitrogens with zero attached hydrogens (tertiary/aromatic N) is 2. The summed E-state index contributed by atoms with van der Waals surface area (Å²) < 4.78 is 1.77. The fourth-order valence-corrected chi connectivity index (χ4v) is 3.89. The molecule has 0 unspecified atom stereocenters. The van der Waals surface area contributed by atoms with Gasteiger partial charge >= 0.3 is 6.03 Å². The number of rotatable bonds is 5. The predicted molar refractivity (Wildman–Crippen MR) is 124 cm³/mol. The highest BCUT2D eigenvalue weighted by molar-refractivity contribution is 5.94. The molecule has 1 aromatic carbocycles. The van der Waals surface area contributed by atoms with Gasteiger partial charge in [-0.05, 0) is 38.3 Å². The van der Waals surface area contributed by atoms with E-state index in [1.54, 1.807) is 4.68 Å². The molecule has 1 aliphatic carbocycles. The zero-order valence-electron chi connectivity index (χ0n) is 19.3. The lowest BCUT2D eigenvalue weighted by molar-refractivity contribution is -0.115. The number of urea groups is 1. The van der Waals surface area contributed by atoms with Crippen molar-refractivity contribution < 1.29 is 9.59 Å². The molecular weight excluding hydrogens is 390 g/mol. The average molecular weight is 426 g/mol. The fraction of sp³-hybridized carbons (Fsp3) is 0.542. The van der Waals surface area contributed by atoms with Crippen molar-refractivity contribution in [3.8, 4) is 5.69 Å². The van der Waals surface area contributed by atoms with Gasteiger partial charge in [0.2, 0.25) is 5.91 Å². The minimum atomic E-state index is -0.291. The van der Waals surface area contributed by atoms with Crippen LogP contribution in [0.15, 0.2) is 24.3 Å². The molecule has 3 N–H and O–H groups in total. The lowest BCUT2D eigenvalue weighted by Gasteiger charge is -2.22. The Morgan fingerprint density at radius 2 is 1.81 bits per heavy atom. The molecule has 1 fully saturated rings. The van der Waals surface area contributed by atoms with E-state index >= 15 is 0 Å². The molecule has 0 bridgehead atoms. The smallest absolute Gasteiger partial charge is 0.315 e. The maximum atomic E-state index is 12.6. The Morgan fingerprint density at radius 1 is 1.10 bits per heavy atom. The molecule has 3 rings (SSSR count). The van der Waals surface area contributed by atoms with Crippen molar-refractivity contribution in [2.24, 2.45) is 0 Å². The summed E-state index contributed by atoms with van der Waals surface area (Å²) in [7, 11) is 0. The number of benzene rings is 1. The van der Waals surface area contributed by atoms with Crippen molar-refractivity contribution in [3.63, 3.8) is 0 Å². The lowest BCUT2D eigenvalue weighted by atomic mass is 9.92. The van der Waals surface area contributed by atoms with Gasteiger partial charge in [-0.25, -0.2) is 9.48 Å². The van der Waals surface area contributed by atoms with Crippen molar-refractivity contribution in [1.29, 1.82) is 0 Å². The van der Waals surface area contributed by atoms with Gasteiger partial charge in [-0.1, -0.05) is 57.7 Å². The second-order valence-corrected chi connectivity index (χ2v) is 9.58. The molecule has 3 amide bonds. The molecule has 0 atom stereocenters. The molecule has 31 heavy (non-hydrogen) atoms. The van der Waals surface area contributed by atoms with Crippen LogP contribution in [0.2, 0.25) is 0 Å². The Hall–Kier alpha value is -2.83. The Kier molecular flexibility index (Phi) is 7.03. The monoisotopic (exact) mass is 425 g/mol. The molecule has 1 heterocycles. The maximum absolute atomic E-state index is 12.6. The topological polar surface area (TPSA) is 88.1 Å². The van der Waals surface area contributed by atoms with E-state index in [-0.39, 0.29) is 29.9 Å². The Labute approximate surface area is 185 Å². The van der Waals surface area contributed by atoms with E-state index in [0.29, 0.717) is 5.82 Å². The van der Waals surface area contributed by atoms with Crippen LogP contribution >= 0.6 is 0 Å². The van der Waals surface area contributed by atoms with Crippen LogP contribution in [0.5, 0.6) is 0 Å². The van der Waals surface area contributed by atoms with Crippen LogP contribution in [0, 0.1) is 13.8 Å². The molecule has 1 aromatic heterocycles. The first-order valence-corrected chi connectivity index (χ1v) is 11.2. The number of carbonyl (C=O) groups excluding carboxylic acids is 2. The van der Waals surface area contributed by atoms with Crippen LogP contribution in [0.1, 0.15) is 69.7 Å². The lowest BCUT2D eigenvalue weighted by Crippen LogP contribution is -2.45. The van der Waals surface area contributed by atoms with Crippen molar-refractivity contribution in [2.75, 3.05) is 11.9 Å². The van der Waals surface area contributed by atoms with E-state index in [1.165, 1.54) is 12.0 Å². The minimum Gasteiger partial charge on any atom is -0.335 e. The van der Waals surface area contributed by atoms with Crippen LogP contribution in [0.25, 0.3) is 5.69 Å². The van der Waals surface area contributed by atoms with E-state index < -0.39 is 0 Å². The third-order valence-electron chi connectivity index (χ3n) is 5.68. The number of hydrogen-bond donors (Lipinski definition) is 3. The molecular formula is C24H35N5O2. The van der Waals surface area contributed by atoms with Gasteiger partial charge in [-0.3, -0.25) is 4.79 Å². The highest BCUT2D eigenvalue weighted by atomic mass is 16.2. The number of carbonyl (C=O) groups is 2. The van der Waals surface area contributed by atoms with Crippen molar-refractivity contribution >= 4 is 17.8 Å². The first kappa shape index (κ1) is 22.8. The van der Waals surface area contributed by atoms with Crippen molar-refractivity contribution in [1.82, 2.24) is 20.4 Å². The molecule has 1 saturated carbocycles. The normalized spacial score (nSPS) is 14.9. The SMILES string of the molecule is Cc1ccc(-n2nc(C(C)(C)C)cc2NC(=O)CNC(=O)NC2CCCCC2)c(C)c1. The van der Waals surface area contributed by atoms with E-state index in [2.05, 4.69) is 42.8 Å². The van der Waals surface area contributed by atoms with Crippen LogP contribution in [0.3, 0.4) is 0 Å². The largest absolute Gasteiger partial charge is 0.335 e. The number of aryl methyl sites for hydroxylation is 2. The molecule has 0 saturated heterocycles. The zero-order chi connectivity index (χ0) is 22.6. The molecule has 0 spiro atoms. The maximum Gasteiger partial charge on any atom is 0.315 e. The van der Waals surface area contributed by atoms with E-state index in [0.717, 1.165) is 42.6 Å². The van der Waals surface area contributed by atoms with Gasteiger partial charge < -0.3 is 16.0 Å². The molecule has 168 valence electrons. The highest BCUT2D eigenvalue weighted by Gasteiger charge is 2.22. The van der Waals surface area contributed by atoms with E-state index in [4.69, 9.17) is 5.10 Å². The summed E-state index contributed by atoms with van der Waals surface area (Å²) in [6, 6.07) is 7.95.